The molecule has 1 aliphatic carbocycles. The van der Waals surface area contributed by atoms with E-state index in [0.29, 0.717) is 11.7 Å². The van der Waals surface area contributed by atoms with Crippen LogP contribution in [-0.2, 0) is 5.54 Å². The maximum Gasteiger partial charge on any atom is 0.194 e. The maximum absolute atomic E-state index is 6.39. The van der Waals surface area contributed by atoms with Crippen molar-refractivity contribution in [1.29, 1.82) is 0 Å². The molecule has 3 N–H and O–H groups in total. The molecule has 14 heavy (non-hydrogen) atoms. The summed E-state index contributed by atoms with van der Waals surface area (Å²) in [6.45, 7) is 2.18. The number of rotatable bonds is 2. The Morgan fingerprint density at radius 1 is 1.57 bits per heavy atom. The van der Waals surface area contributed by atoms with Crippen LogP contribution in [0.15, 0.2) is 0 Å². The van der Waals surface area contributed by atoms with Crippen LogP contribution in [0.2, 0.25) is 0 Å². The molecule has 78 valence electrons. The summed E-state index contributed by atoms with van der Waals surface area (Å²) in [4.78, 5) is 0. The Hall–Kier alpha value is -0.970. The molecule has 0 amide bonds. The van der Waals surface area contributed by atoms with Gasteiger partial charge in [-0.25, -0.2) is 0 Å². The van der Waals surface area contributed by atoms with Crippen LogP contribution in [0.4, 0.5) is 0 Å². The quantitative estimate of drug-likeness (QED) is 0.736. The van der Waals surface area contributed by atoms with Crippen molar-refractivity contribution in [2.45, 2.75) is 44.6 Å². The number of nitrogens with two attached hydrogens (primary N) is 1. The molecule has 5 heteroatoms. The van der Waals surface area contributed by atoms with Gasteiger partial charge in [-0.05, 0) is 18.8 Å². The second-order valence-corrected chi connectivity index (χ2v) is 4.13. The van der Waals surface area contributed by atoms with E-state index in [9.17, 15) is 0 Å². The van der Waals surface area contributed by atoms with E-state index in [1.54, 1.807) is 0 Å². The van der Waals surface area contributed by atoms with E-state index < -0.39 is 0 Å². The second-order valence-electron chi connectivity index (χ2n) is 4.13. The van der Waals surface area contributed by atoms with E-state index in [2.05, 4.69) is 27.5 Å². The summed E-state index contributed by atoms with van der Waals surface area (Å²) in [6, 6.07) is 0. The molecule has 2 unspecified atom stereocenters. The van der Waals surface area contributed by atoms with Crippen molar-refractivity contribution in [2.24, 2.45) is 11.7 Å². The lowest BCUT2D eigenvalue weighted by molar-refractivity contribution is 0.173. The molecule has 2 rings (SSSR count). The molecular weight excluding hydrogens is 178 g/mol. The SMILES string of the molecule is CCC1CCCCC1(N)c1nn[nH]n1. The molecule has 0 aromatic carbocycles. The topological polar surface area (TPSA) is 80.5 Å². The third kappa shape index (κ3) is 1.41. The lowest BCUT2D eigenvalue weighted by Gasteiger charge is -2.38. The number of H-pyrrole nitrogens is 1. The van der Waals surface area contributed by atoms with E-state index in [1.165, 1.54) is 19.3 Å². The minimum absolute atomic E-state index is 0.347. The van der Waals surface area contributed by atoms with Crippen LogP contribution < -0.4 is 5.73 Å². The molecule has 0 radical (unpaired) electrons. The Kier molecular flexibility index (Phi) is 2.50. The smallest absolute Gasteiger partial charge is 0.194 e. The molecule has 2 atom stereocenters. The van der Waals surface area contributed by atoms with Gasteiger partial charge in [-0.15, -0.1) is 10.2 Å². The molecule has 1 fully saturated rings. The van der Waals surface area contributed by atoms with Crippen LogP contribution in [-0.4, -0.2) is 20.6 Å². The van der Waals surface area contributed by atoms with Gasteiger partial charge in [-0.2, -0.15) is 5.21 Å². The molecule has 1 aromatic heterocycles. The van der Waals surface area contributed by atoms with Gasteiger partial charge in [0, 0.05) is 0 Å². The Balaban J connectivity index is 2.27. The lowest BCUT2D eigenvalue weighted by atomic mass is 9.71. The van der Waals surface area contributed by atoms with Crippen LogP contribution in [0.5, 0.6) is 0 Å². The summed E-state index contributed by atoms with van der Waals surface area (Å²) in [5.74, 6) is 1.18. The first-order valence-corrected chi connectivity index (χ1v) is 5.30. The second kappa shape index (κ2) is 3.65. The minimum atomic E-state index is -0.347. The van der Waals surface area contributed by atoms with Gasteiger partial charge in [0.15, 0.2) is 5.82 Å². The Labute approximate surface area is 83.5 Å². The molecule has 0 spiro atoms. The highest BCUT2D eigenvalue weighted by Crippen LogP contribution is 2.39. The predicted octanol–water partition coefficient (Wildman–Crippen LogP) is 0.954. The Morgan fingerprint density at radius 3 is 3.07 bits per heavy atom. The van der Waals surface area contributed by atoms with E-state index >= 15 is 0 Å². The van der Waals surface area contributed by atoms with Gasteiger partial charge >= 0.3 is 0 Å². The normalized spacial score (nSPS) is 33.1. The van der Waals surface area contributed by atoms with Crippen LogP contribution in [0.1, 0.15) is 44.9 Å². The summed E-state index contributed by atoms with van der Waals surface area (Å²) in [5, 5.41) is 14.2. The number of aromatic nitrogens is 4. The van der Waals surface area contributed by atoms with E-state index in [1.807, 2.05) is 0 Å². The molecule has 1 aromatic rings. The van der Waals surface area contributed by atoms with Crippen molar-refractivity contribution in [2.75, 3.05) is 0 Å². The van der Waals surface area contributed by atoms with Crippen LogP contribution in [0.25, 0.3) is 0 Å². The first kappa shape index (κ1) is 9.58. The Morgan fingerprint density at radius 2 is 2.43 bits per heavy atom. The molecule has 1 aliphatic rings. The highest BCUT2D eigenvalue weighted by molar-refractivity contribution is 5.06. The fourth-order valence-corrected chi connectivity index (χ4v) is 2.49. The van der Waals surface area contributed by atoms with Gasteiger partial charge in [0.05, 0.1) is 5.54 Å². The van der Waals surface area contributed by atoms with Gasteiger partial charge < -0.3 is 5.73 Å². The summed E-state index contributed by atoms with van der Waals surface area (Å²) in [5.41, 5.74) is 6.05. The number of aromatic amines is 1. The number of nitrogens with one attached hydrogen (secondary N) is 1. The summed E-state index contributed by atoms with van der Waals surface area (Å²) < 4.78 is 0. The zero-order chi connectivity index (χ0) is 10.0. The van der Waals surface area contributed by atoms with Crippen molar-refractivity contribution < 1.29 is 0 Å². The van der Waals surface area contributed by atoms with Crippen molar-refractivity contribution in [3.63, 3.8) is 0 Å². The zero-order valence-electron chi connectivity index (χ0n) is 8.53. The summed E-state index contributed by atoms with van der Waals surface area (Å²) in [6.07, 6.45) is 5.69. The van der Waals surface area contributed by atoms with Gasteiger partial charge in [0.1, 0.15) is 0 Å². The first-order chi connectivity index (χ1) is 6.77. The fourth-order valence-electron chi connectivity index (χ4n) is 2.49. The highest BCUT2D eigenvalue weighted by atomic mass is 15.5. The third-order valence-corrected chi connectivity index (χ3v) is 3.38. The largest absolute Gasteiger partial charge is 0.318 e. The lowest BCUT2D eigenvalue weighted by Crippen LogP contribution is -2.47. The molecule has 0 bridgehead atoms. The van der Waals surface area contributed by atoms with Crippen molar-refractivity contribution in [3.8, 4) is 0 Å². The fraction of sp³-hybridized carbons (Fsp3) is 0.889. The van der Waals surface area contributed by atoms with Gasteiger partial charge in [-0.1, -0.05) is 31.4 Å². The van der Waals surface area contributed by atoms with Gasteiger partial charge in [-0.3, -0.25) is 0 Å². The molecule has 0 aliphatic heterocycles. The number of hydrogen-bond donors (Lipinski definition) is 2. The average Bonchev–Trinajstić information content (AvgIpc) is 2.72. The molecule has 5 nitrogen and oxygen atoms in total. The minimum Gasteiger partial charge on any atom is -0.318 e. The third-order valence-electron chi connectivity index (χ3n) is 3.38. The summed E-state index contributed by atoms with van der Waals surface area (Å²) >= 11 is 0. The van der Waals surface area contributed by atoms with E-state index in [4.69, 9.17) is 5.73 Å². The van der Waals surface area contributed by atoms with Gasteiger partial charge in [0.2, 0.25) is 0 Å². The predicted molar refractivity (Wildman–Crippen MR) is 52.3 cm³/mol. The first-order valence-electron chi connectivity index (χ1n) is 5.30. The standard InChI is InChI=1S/C9H17N5/c1-2-7-5-3-4-6-9(7,10)8-11-13-14-12-8/h7H,2-6,10H2,1H3,(H,11,12,13,14). The van der Waals surface area contributed by atoms with Crippen LogP contribution >= 0.6 is 0 Å². The monoisotopic (exact) mass is 195 g/mol. The molecule has 1 saturated carbocycles. The number of tetrazole rings is 1. The highest BCUT2D eigenvalue weighted by Gasteiger charge is 2.40. The zero-order valence-corrected chi connectivity index (χ0v) is 8.53. The average molecular weight is 195 g/mol. The maximum atomic E-state index is 6.39. The van der Waals surface area contributed by atoms with Crippen molar-refractivity contribution in [1.82, 2.24) is 20.6 Å². The summed E-state index contributed by atoms with van der Waals surface area (Å²) in [7, 11) is 0. The molecular formula is C9H17N5. The molecule has 1 heterocycles. The van der Waals surface area contributed by atoms with Crippen LogP contribution in [0.3, 0.4) is 0 Å². The number of hydrogen-bond acceptors (Lipinski definition) is 4. The van der Waals surface area contributed by atoms with E-state index in [-0.39, 0.29) is 5.54 Å². The molecule has 0 saturated heterocycles. The van der Waals surface area contributed by atoms with Crippen molar-refractivity contribution in [3.05, 3.63) is 5.82 Å². The Bertz CT molecular complexity index is 283. The van der Waals surface area contributed by atoms with E-state index in [0.717, 1.165) is 12.8 Å². The number of nitrogens with zero attached hydrogens (tertiary/aromatic N) is 3. The van der Waals surface area contributed by atoms with Gasteiger partial charge in [0.25, 0.3) is 0 Å². The van der Waals surface area contributed by atoms with Crippen LogP contribution in [0, 0.1) is 5.92 Å². The van der Waals surface area contributed by atoms with Crippen molar-refractivity contribution >= 4 is 0 Å².